The highest BCUT2D eigenvalue weighted by molar-refractivity contribution is 6.40. The van der Waals surface area contributed by atoms with E-state index in [4.69, 9.17) is 23.2 Å². The van der Waals surface area contributed by atoms with E-state index >= 15 is 0 Å². The minimum Gasteiger partial charge on any atom is -0.289 e. The molecule has 0 aliphatic carbocycles. The number of hydrogen-bond donors (Lipinski definition) is 0. The van der Waals surface area contributed by atoms with Crippen LogP contribution in [-0.2, 0) is 0 Å². The van der Waals surface area contributed by atoms with Gasteiger partial charge in [0.25, 0.3) is 0 Å². The minimum atomic E-state index is 0.0752. The van der Waals surface area contributed by atoms with E-state index in [9.17, 15) is 4.79 Å². The van der Waals surface area contributed by atoms with Crippen LogP contribution in [0.5, 0.6) is 0 Å². The van der Waals surface area contributed by atoms with Gasteiger partial charge in [-0.15, -0.1) is 23.2 Å². The maximum absolute atomic E-state index is 11.8. The Balaban J connectivity index is 0.000000437. The van der Waals surface area contributed by atoms with Crippen molar-refractivity contribution in [2.45, 2.75) is 0 Å². The number of rotatable bonds is 2. The van der Waals surface area contributed by atoms with Crippen molar-refractivity contribution in [3.05, 3.63) is 71.8 Å². The molecular weight excluding hydrogens is 255 g/mol. The first-order valence-corrected chi connectivity index (χ1v) is 6.13. The van der Waals surface area contributed by atoms with Crippen LogP contribution in [0.2, 0.25) is 0 Å². The SMILES string of the molecule is ClCCl.O=C(c1ccccc1)c1ccccc1. The lowest BCUT2D eigenvalue weighted by Gasteiger charge is -1.99. The highest BCUT2D eigenvalue weighted by Crippen LogP contribution is 2.08. The predicted octanol–water partition coefficient (Wildman–Crippen LogP) is 4.34. The summed E-state index contributed by atoms with van der Waals surface area (Å²) in [5, 5.41) is 0.194. The molecule has 0 bridgehead atoms. The van der Waals surface area contributed by atoms with Gasteiger partial charge >= 0.3 is 0 Å². The van der Waals surface area contributed by atoms with Gasteiger partial charge in [-0.05, 0) is 0 Å². The number of hydrogen-bond acceptors (Lipinski definition) is 1. The quantitative estimate of drug-likeness (QED) is 0.584. The van der Waals surface area contributed by atoms with Crippen LogP contribution in [-0.4, -0.2) is 11.1 Å². The summed E-state index contributed by atoms with van der Waals surface area (Å²) in [4.78, 5) is 11.8. The van der Waals surface area contributed by atoms with Gasteiger partial charge in [-0.3, -0.25) is 4.79 Å². The molecule has 0 atom stereocenters. The molecule has 0 N–H and O–H groups in total. The first-order chi connectivity index (χ1) is 8.29. The number of carbonyl (C=O) groups excluding carboxylic acids is 1. The van der Waals surface area contributed by atoms with Crippen molar-refractivity contribution >= 4 is 29.0 Å². The molecule has 0 saturated heterocycles. The second-order valence-corrected chi connectivity index (χ2v) is 3.97. The van der Waals surface area contributed by atoms with Gasteiger partial charge in [0, 0.05) is 11.1 Å². The fourth-order valence-electron chi connectivity index (χ4n) is 1.35. The fourth-order valence-corrected chi connectivity index (χ4v) is 1.35. The van der Waals surface area contributed by atoms with Crippen molar-refractivity contribution in [1.82, 2.24) is 0 Å². The molecule has 0 aliphatic heterocycles. The number of benzene rings is 2. The highest BCUT2D eigenvalue weighted by Gasteiger charge is 2.06. The summed E-state index contributed by atoms with van der Waals surface area (Å²) in [6.07, 6.45) is 0. The maximum atomic E-state index is 11.8. The number of ketones is 1. The summed E-state index contributed by atoms with van der Waals surface area (Å²) in [6.45, 7) is 0. The Morgan fingerprint density at radius 2 is 1.06 bits per heavy atom. The summed E-state index contributed by atoms with van der Waals surface area (Å²) in [6, 6.07) is 18.6. The number of alkyl halides is 2. The molecule has 17 heavy (non-hydrogen) atoms. The Morgan fingerprint density at radius 3 is 1.35 bits per heavy atom. The van der Waals surface area contributed by atoms with Crippen LogP contribution >= 0.6 is 23.2 Å². The van der Waals surface area contributed by atoms with Crippen LogP contribution < -0.4 is 0 Å². The van der Waals surface area contributed by atoms with E-state index in [0.717, 1.165) is 11.1 Å². The lowest BCUT2D eigenvalue weighted by Crippen LogP contribution is -1.99. The van der Waals surface area contributed by atoms with Crippen molar-refractivity contribution in [3.63, 3.8) is 0 Å². The largest absolute Gasteiger partial charge is 0.289 e. The monoisotopic (exact) mass is 266 g/mol. The molecule has 0 fully saturated rings. The zero-order chi connectivity index (χ0) is 12.5. The summed E-state index contributed by atoms with van der Waals surface area (Å²) in [7, 11) is 0. The predicted molar refractivity (Wildman–Crippen MR) is 72.9 cm³/mol. The minimum absolute atomic E-state index is 0.0752. The topological polar surface area (TPSA) is 17.1 Å². The van der Waals surface area contributed by atoms with Crippen molar-refractivity contribution in [2.75, 3.05) is 5.34 Å². The molecule has 0 aliphatic rings. The normalized spacial score (nSPS) is 9.06. The molecule has 0 amide bonds. The Kier molecular flexibility index (Phi) is 6.38. The third-order valence-electron chi connectivity index (χ3n) is 2.07. The van der Waals surface area contributed by atoms with E-state index in [0.29, 0.717) is 0 Å². The second-order valence-electron chi connectivity index (χ2n) is 3.16. The Hall–Kier alpha value is -1.31. The van der Waals surface area contributed by atoms with Gasteiger partial charge in [-0.25, -0.2) is 0 Å². The lowest BCUT2D eigenvalue weighted by molar-refractivity contribution is 0.103. The highest BCUT2D eigenvalue weighted by atomic mass is 35.5. The van der Waals surface area contributed by atoms with E-state index < -0.39 is 0 Å². The van der Waals surface area contributed by atoms with Crippen LogP contribution in [0, 0.1) is 0 Å². The third-order valence-corrected chi connectivity index (χ3v) is 2.07. The zero-order valence-corrected chi connectivity index (χ0v) is 10.7. The van der Waals surface area contributed by atoms with Gasteiger partial charge in [-0.1, -0.05) is 60.7 Å². The number of halogens is 2. The maximum Gasteiger partial charge on any atom is 0.193 e. The fraction of sp³-hybridized carbons (Fsp3) is 0.0714. The molecule has 0 aromatic heterocycles. The summed E-state index contributed by atoms with van der Waals surface area (Å²) in [5.41, 5.74) is 1.47. The summed E-state index contributed by atoms with van der Waals surface area (Å²) < 4.78 is 0. The second kappa shape index (κ2) is 7.88. The average molecular weight is 267 g/mol. The van der Waals surface area contributed by atoms with Crippen LogP contribution in [0.1, 0.15) is 15.9 Å². The van der Waals surface area contributed by atoms with E-state index in [1.54, 1.807) is 0 Å². The van der Waals surface area contributed by atoms with E-state index in [1.165, 1.54) is 0 Å². The van der Waals surface area contributed by atoms with Crippen molar-refractivity contribution in [2.24, 2.45) is 0 Å². The van der Waals surface area contributed by atoms with Crippen molar-refractivity contribution in [3.8, 4) is 0 Å². The summed E-state index contributed by atoms with van der Waals surface area (Å²) in [5.74, 6) is 0.0752. The smallest absolute Gasteiger partial charge is 0.193 e. The first-order valence-electron chi connectivity index (χ1n) is 5.06. The summed E-state index contributed by atoms with van der Waals surface area (Å²) >= 11 is 9.53. The molecule has 0 saturated carbocycles. The molecule has 2 aromatic carbocycles. The van der Waals surface area contributed by atoms with E-state index in [2.05, 4.69) is 0 Å². The van der Waals surface area contributed by atoms with Gasteiger partial charge in [0.05, 0.1) is 5.34 Å². The molecule has 0 heterocycles. The van der Waals surface area contributed by atoms with Crippen LogP contribution in [0.3, 0.4) is 0 Å². The standard InChI is InChI=1S/C13H10O.CH2Cl2/c14-13(11-7-3-1-4-8-11)12-9-5-2-6-10-12;2-1-3/h1-10H;1H2. The van der Waals surface area contributed by atoms with Gasteiger partial charge in [0.2, 0.25) is 0 Å². The lowest BCUT2D eigenvalue weighted by atomic mass is 10.0. The van der Waals surface area contributed by atoms with Crippen LogP contribution in [0.15, 0.2) is 60.7 Å². The van der Waals surface area contributed by atoms with Gasteiger partial charge in [-0.2, -0.15) is 0 Å². The van der Waals surface area contributed by atoms with E-state index in [-0.39, 0.29) is 11.1 Å². The molecule has 2 aromatic rings. The first kappa shape index (κ1) is 13.8. The van der Waals surface area contributed by atoms with E-state index in [1.807, 2.05) is 60.7 Å². The molecular formula is C14H12Cl2O. The van der Waals surface area contributed by atoms with Crippen molar-refractivity contribution < 1.29 is 4.79 Å². The zero-order valence-electron chi connectivity index (χ0n) is 9.14. The van der Waals surface area contributed by atoms with Gasteiger partial charge in [0.15, 0.2) is 5.78 Å². The Bertz CT molecular complexity index is 399. The molecule has 2 rings (SSSR count). The molecule has 0 radical (unpaired) electrons. The van der Waals surface area contributed by atoms with Gasteiger partial charge < -0.3 is 0 Å². The molecule has 88 valence electrons. The Labute approximate surface area is 111 Å². The average Bonchev–Trinajstić information content (AvgIpc) is 2.41. The molecule has 0 spiro atoms. The third kappa shape index (κ3) is 4.59. The van der Waals surface area contributed by atoms with Gasteiger partial charge in [0.1, 0.15) is 0 Å². The Morgan fingerprint density at radius 1 is 0.765 bits per heavy atom. The molecule has 1 nitrogen and oxygen atoms in total. The van der Waals surface area contributed by atoms with Crippen molar-refractivity contribution in [1.29, 1.82) is 0 Å². The number of carbonyl (C=O) groups is 1. The molecule has 0 unspecified atom stereocenters. The molecule has 3 heteroatoms. The van der Waals surface area contributed by atoms with Crippen LogP contribution in [0.4, 0.5) is 0 Å². The van der Waals surface area contributed by atoms with Crippen LogP contribution in [0.25, 0.3) is 0 Å².